The minimum atomic E-state index is 0.843. The Morgan fingerprint density at radius 3 is 2.31 bits per heavy atom. The van der Waals surface area contributed by atoms with Gasteiger partial charge in [0.05, 0.1) is 0 Å². The van der Waals surface area contributed by atoms with Gasteiger partial charge in [-0.05, 0) is 42.7 Å². The van der Waals surface area contributed by atoms with Crippen molar-refractivity contribution in [2.24, 2.45) is 0 Å². The van der Waals surface area contributed by atoms with Crippen molar-refractivity contribution in [2.75, 3.05) is 0 Å². The molecular weight excluding hydrogens is 192 g/mol. The summed E-state index contributed by atoms with van der Waals surface area (Å²) in [5.74, 6) is 0.843. The van der Waals surface area contributed by atoms with Gasteiger partial charge in [-0.2, -0.15) is 0 Å². The first-order valence-electron chi connectivity index (χ1n) is 6.99. The van der Waals surface area contributed by atoms with Crippen molar-refractivity contribution in [3.8, 4) is 0 Å². The largest absolute Gasteiger partial charge is 0.0683 e. The zero-order valence-corrected chi connectivity index (χ0v) is 11.7. The molecule has 0 N–H and O–H groups in total. The summed E-state index contributed by atoms with van der Waals surface area (Å²) in [6.07, 6.45) is 5.38. The monoisotopic (exact) mass is 220 g/mol. The third kappa shape index (κ3) is 4.00. The average molecular weight is 220 g/mol. The molecule has 0 bridgehead atoms. The van der Waals surface area contributed by atoms with Crippen LogP contribution >= 0.6 is 0 Å². The van der Waals surface area contributed by atoms with Crippen LogP contribution in [-0.2, 0) is 6.42 Å². The van der Waals surface area contributed by atoms with Gasteiger partial charge in [-0.3, -0.25) is 0 Å². The lowest BCUT2D eigenvalue weighted by Gasteiger charge is -2.23. The van der Waals surface area contributed by atoms with E-state index in [1.54, 1.807) is 11.1 Å². The highest BCUT2D eigenvalue weighted by Crippen LogP contribution is 2.33. The number of aryl methyl sites for hydroxylation is 1. The molecule has 0 aliphatic heterocycles. The Labute approximate surface area is 102 Å². The van der Waals surface area contributed by atoms with Gasteiger partial charge in [-0.1, -0.05) is 58.9 Å². The summed E-state index contributed by atoms with van der Waals surface area (Å²) in [6, 6.07) is 8.93. The van der Waals surface area contributed by atoms with Crippen LogP contribution in [-0.4, -0.2) is 0 Å². The number of hydrogen-bond acceptors (Lipinski definition) is 0. The molecule has 0 nitrogen and oxygen atoms in total. The van der Waals surface area contributed by atoms with Crippen LogP contribution in [0.15, 0.2) is 24.3 Å². The Morgan fingerprint density at radius 1 is 1.06 bits per heavy atom. The summed E-state index contributed by atoms with van der Waals surface area (Å²) in [5.41, 5.74) is 3.21. The summed E-state index contributed by atoms with van der Waals surface area (Å²) in [7, 11) is 0. The predicted molar refractivity (Wildman–Crippen MR) is 75.1 cm³/mol. The van der Waals surface area contributed by atoms with Crippen molar-refractivity contribution in [1.29, 1.82) is 0 Å². The molecule has 0 amide bonds. The molecule has 0 radical (unpaired) electrons. The SMILES string of the molecule is CC.CC.CCC1CCCc2ccccc21. The lowest BCUT2D eigenvalue weighted by atomic mass is 9.81. The van der Waals surface area contributed by atoms with Gasteiger partial charge in [0.1, 0.15) is 0 Å². The topological polar surface area (TPSA) is 0 Å². The van der Waals surface area contributed by atoms with E-state index in [0.717, 1.165) is 5.92 Å². The third-order valence-electron chi connectivity index (χ3n) is 2.99. The van der Waals surface area contributed by atoms with E-state index in [1.165, 1.54) is 25.7 Å². The zero-order valence-electron chi connectivity index (χ0n) is 11.7. The maximum Gasteiger partial charge on any atom is -0.0162 e. The second-order valence-electron chi connectivity index (χ2n) is 3.70. The number of benzene rings is 1. The highest BCUT2D eigenvalue weighted by molar-refractivity contribution is 5.32. The molecule has 1 aromatic carbocycles. The van der Waals surface area contributed by atoms with Gasteiger partial charge in [-0.15, -0.1) is 0 Å². The van der Waals surface area contributed by atoms with Crippen molar-refractivity contribution >= 4 is 0 Å². The first-order valence-corrected chi connectivity index (χ1v) is 6.99. The van der Waals surface area contributed by atoms with Crippen molar-refractivity contribution < 1.29 is 0 Å². The molecule has 1 aliphatic rings. The summed E-state index contributed by atoms with van der Waals surface area (Å²) in [5, 5.41) is 0. The summed E-state index contributed by atoms with van der Waals surface area (Å²) >= 11 is 0. The molecular formula is C16H28. The van der Waals surface area contributed by atoms with Gasteiger partial charge in [0, 0.05) is 0 Å². The van der Waals surface area contributed by atoms with Gasteiger partial charge in [-0.25, -0.2) is 0 Å². The van der Waals surface area contributed by atoms with Crippen LogP contribution in [0.25, 0.3) is 0 Å². The molecule has 0 spiro atoms. The molecule has 1 aromatic rings. The van der Waals surface area contributed by atoms with E-state index in [4.69, 9.17) is 0 Å². The molecule has 92 valence electrons. The van der Waals surface area contributed by atoms with E-state index >= 15 is 0 Å². The molecule has 1 atom stereocenters. The van der Waals surface area contributed by atoms with E-state index in [-0.39, 0.29) is 0 Å². The Kier molecular flexibility index (Phi) is 8.99. The molecule has 0 heterocycles. The van der Waals surface area contributed by atoms with Crippen LogP contribution in [0.4, 0.5) is 0 Å². The lowest BCUT2D eigenvalue weighted by Crippen LogP contribution is -2.08. The molecule has 0 fully saturated rings. The molecule has 0 aromatic heterocycles. The quantitative estimate of drug-likeness (QED) is 0.580. The Balaban J connectivity index is 0.000000509. The van der Waals surface area contributed by atoms with Crippen LogP contribution in [0, 0.1) is 0 Å². The normalized spacial score (nSPS) is 17.2. The summed E-state index contributed by atoms with van der Waals surface area (Å²) in [6.45, 7) is 10.3. The van der Waals surface area contributed by atoms with Crippen LogP contribution in [0.5, 0.6) is 0 Å². The Bertz CT molecular complexity index is 262. The standard InChI is InChI=1S/C12H16.2C2H6/c1-2-10-7-5-8-11-6-3-4-9-12(10)11;2*1-2/h3-4,6,9-10H,2,5,7-8H2,1H3;2*1-2H3. The number of fused-ring (bicyclic) bond motifs is 1. The van der Waals surface area contributed by atoms with Gasteiger partial charge in [0.15, 0.2) is 0 Å². The molecule has 0 heteroatoms. The maximum absolute atomic E-state index is 2.31. The van der Waals surface area contributed by atoms with Crippen molar-refractivity contribution in [1.82, 2.24) is 0 Å². The van der Waals surface area contributed by atoms with Crippen molar-refractivity contribution in [3.63, 3.8) is 0 Å². The van der Waals surface area contributed by atoms with Gasteiger partial charge in [0.2, 0.25) is 0 Å². The van der Waals surface area contributed by atoms with E-state index < -0.39 is 0 Å². The minimum Gasteiger partial charge on any atom is -0.0683 e. The van der Waals surface area contributed by atoms with Gasteiger partial charge >= 0.3 is 0 Å². The van der Waals surface area contributed by atoms with Crippen LogP contribution in [0.2, 0.25) is 0 Å². The number of rotatable bonds is 1. The second kappa shape index (κ2) is 9.45. The first kappa shape index (κ1) is 15.2. The molecule has 0 saturated heterocycles. The average Bonchev–Trinajstić information content (AvgIpc) is 2.42. The summed E-state index contributed by atoms with van der Waals surface area (Å²) in [4.78, 5) is 0. The smallest absolute Gasteiger partial charge is 0.0162 e. The molecule has 16 heavy (non-hydrogen) atoms. The fraction of sp³-hybridized carbons (Fsp3) is 0.625. The van der Waals surface area contributed by atoms with E-state index in [0.29, 0.717) is 0 Å². The van der Waals surface area contributed by atoms with Gasteiger partial charge < -0.3 is 0 Å². The van der Waals surface area contributed by atoms with E-state index in [1.807, 2.05) is 27.7 Å². The molecule has 0 saturated carbocycles. The van der Waals surface area contributed by atoms with E-state index in [9.17, 15) is 0 Å². The van der Waals surface area contributed by atoms with E-state index in [2.05, 4.69) is 31.2 Å². The van der Waals surface area contributed by atoms with Crippen molar-refractivity contribution in [2.45, 2.75) is 66.2 Å². The van der Waals surface area contributed by atoms with Gasteiger partial charge in [0.25, 0.3) is 0 Å². The highest BCUT2D eigenvalue weighted by atomic mass is 14.2. The van der Waals surface area contributed by atoms with Crippen LogP contribution < -0.4 is 0 Å². The van der Waals surface area contributed by atoms with Crippen LogP contribution in [0.1, 0.15) is 70.9 Å². The highest BCUT2D eigenvalue weighted by Gasteiger charge is 2.17. The maximum atomic E-state index is 2.31. The third-order valence-corrected chi connectivity index (χ3v) is 2.99. The Morgan fingerprint density at radius 2 is 1.69 bits per heavy atom. The van der Waals surface area contributed by atoms with Crippen LogP contribution in [0.3, 0.4) is 0 Å². The molecule has 1 unspecified atom stereocenters. The zero-order chi connectivity index (χ0) is 12.4. The minimum absolute atomic E-state index is 0.843. The first-order chi connectivity index (χ1) is 7.92. The fourth-order valence-corrected chi connectivity index (χ4v) is 2.28. The fourth-order valence-electron chi connectivity index (χ4n) is 2.28. The second-order valence-corrected chi connectivity index (χ2v) is 3.70. The Hall–Kier alpha value is -0.780. The number of hydrogen-bond donors (Lipinski definition) is 0. The predicted octanol–water partition coefficient (Wildman–Crippen LogP) is 5.57. The summed E-state index contributed by atoms with van der Waals surface area (Å²) < 4.78 is 0. The molecule has 1 aliphatic carbocycles. The lowest BCUT2D eigenvalue weighted by molar-refractivity contribution is 0.540. The molecule has 2 rings (SSSR count). The van der Waals surface area contributed by atoms with Crippen molar-refractivity contribution in [3.05, 3.63) is 35.4 Å².